The van der Waals surface area contributed by atoms with E-state index in [-0.39, 0.29) is 10.8 Å². The maximum absolute atomic E-state index is 13.1. The second kappa shape index (κ2) is 6.53. The van der Waals surface area contributed by atoms with Gasteiger partial charge >= 0.3 is 0 Å². The lowest BCUT2D eigenvalue weighted by molar-refractivity contribution is -0.117. The lowest BCUT2D eigenvalue weighted by Crippen LogP contribution is -2.48. The number of nitrogens with zero attached hydrogens (tertiary/aromatic N) is 2. The summed E-state index contributed by atoms with van der Waals surface area (Å²) in [6, 6.07) is 4.82. The molecule has 0 saturated carbocycles. The molecule has 1 saturated heterocycles. The quantitative estimate of drug-likeness (QED) is 0.791. The molecule has 1 aromatic carbocycles. The smallest absolute Gasteiger partial charge is 0.243 e. The van der Waals surface area contributed by atoms with Crippen LogP contribution < -0.4 is 9.64 Å². The van der Waals surface area contributed by atoms with Gasteiger partial charge in [-0.2, -0.15) is 4.31 Å². The number of benzene rings is 1. The summed E-state index contributed by atoms with van der Waals surface area (Å²) in [4.78, 5) is 13.9. The molecule has 0 radical (unpaired) electrons. The summed E-state index contributed by atoms with van der Waals surface area (Å²) in [6.07, 6.45) is 1.04. The monoisotopic (exact) mass is 380 g/mol. The van der Waals surface area contributed by atoms with Crippen molar-refractivity contribution in [3.05, 3.63) is 18.2 Å². The van der Waals surface area contributed by atoms with Crippen LogP contribution >= 0.6 is 0 Å². The van der Waals surface area contributed by atoms with Gasteiger partial charge in [0.25, 0.3) is 0 Å². The Balaban J connectivity index is 2.00. The zero-order valence-electron chi connectivity index (χ0n) is 16.2. The van der Waals surface area contributed by atoms with E-state index in [4.69, 9.17) is 4.74 Å². The second-order valence-corrected chi connectivity index (χ2v) is 10.3. The van der Waals surface area contributed by atoms with Gasteiger partial charge in [0, 0.05) is 20.0 Å². The number of rotatable bonds is 2. The van der Waals surface area contributed by atoms with E-state index in [1.807, 2.05) is 13.8 Å². The first-order chi connectivity index (χ1) is 12.0. The summed E-state index contributed by atoms with van der Waals surface area (Å²) in [5, 5.41) is 0. The van der Waals surface area contributed by atoms with Crippen LogP contribution in [0.5, 0.6) is 5.75 Å². The van der Waals surface area contributed by atoms with Gasteiger partial charge in [0.1, 0.15) is 11.4 Å². The molecule has 0 aliphatic carbocycles. The first kappa shape index (κ1) is 19.2. The van der Waals surface area contributed by atoms with Crippen molar-refractivity contribution in [3.63, 3.8) is 0 Å². The number of amides is 1. The Morgan fingerprint density at radius 2 is 1.81 bits per heavy atom. The van der Waals surface area contributed by atoms with E-state index in [9.17, 15) is 13.2 Å². The lowest BCUT2D eigenvalue weighted by Gasteiger charge is -2.39. The van der Waals surface area contributed by atoms with Crippen LogP contribution in [0.1, 0.15) is 41.0 Å². The van der Waals surface area contributed by atoms with Crippen molar-refractivity contribution >= 4 is 21.6 Å². The van der Waals surface area contributed by atoms with Crippen LogP contribution in [0, 0.1) is 11.8 Å². The van der Waals surface area contributed by atoms with Crippen molar-refractivity contribution in [3.8, 4) is 5.75 Å². The summed E-state index contributed by atoms with van der Waals surface area (Å²) < 4.78 is 33.8. The molecule has 26 heavy (non-hydrogen) atoms. The highest BCUT2D eigenvalue weighted by atomic mass is 32.2. The fourth-order valence-electron chi connectivity index (χ4n) is 3.98. The fraction of sp³-hybridized carbons (Fsp3) is 0.632. The van der Waals surface area contributed by atoms with Crippen molar-refractivity contribution in [2.45, 2.75) is 51.5 Å². The molecule has 2 atom stereocenters. The van der Waals surface area contributed by atoms with Gasteiger partial charge in [-0.3, -0.25) is 4.79 Å². The number of anilines is 1. The largest absolute Gasteiger partial charge is 0.484 e. The van der Waals surface area contributed by atoms with Gasteiger partial charge in [-0.05, 0) is 50.3 Å². The first-order valence-corrected chi connectivity index (χ1v) is 10.5. The van der Waals surface area contributed by atoms with Crippen molar-refractivity contribution in [1.29, 1.82) is 0 Å². The molecule has 0 aromatic heterocycles. The van der Waals surface area contributed by atoms with E-state index in [1.54, 1.807) is 27.4 Å². The molecule has 1 amide bonds. The molecule has 0 N–H and O–H groups in total. The average molecular weight is 381 g/mol. The third kappa shape index (κ3) is 3.60. The van der Waals surface area contributed by atoms with E-state index < -0.39 is 15.6 Å². The Bertz CT molecular complexity index is 809. The van der Waals surface area contributed by atoms with Crippen LogP contribution in [0.25, 0.3) is 0 Å². The number of carbonyl (C=O) groups is 1. The summed E-state index contributed by atoms with van der Waals surface area (Å²) in [5.41, 5.74) is 0.00701. The predicted octanol–water partition coefficient (Wildman–Crippen LogP) is 2.88. The third-order valence-corrected chi connectivity index (χ3v) is 6.83. The number of fused-ring (bicyclic) bond motifs is 1. The molecular formula is C19H28N2O4S. The second-order valence-electron chi connectivity index (χ2n) is 8.36. The average Bonchev–Trinajstić information content (AvgIpc) is 2.51. The van der Waals surface area contributed by atoms with E-state index >= 15 is 0 Å². The van der Waals surface area contributed by atoms with Crippen LogP contribution in [0.2, 0.25) is 0 Å². The third-order valence-electron chi connectivity index (χ3n) is 5.00. The Morgan fingerprint density at radius 1 is 1.19 bits per heavy atom. The van der Waals surface area contributed by atoms with E-state index in [0.29, 0.717) is 42.9 Å². The van der Waals surface area contributed by atoms with Crippen molar-refractivity contribution < 1.29 is 17.9 Å². The first-order valence-electron chi connectivity index (χ1n) is 9.11. The molecular weight excluding hydrogens is 352 g/mol. The molecule has 0 spiro atoms. The summed E-state index contributed by atoms with van der Waals surface area (Å²) in [5.74, 6) is 1.08. The van der Waals surface area contributed by atoms with Crippen LogP contribution in [-0.2, 0) is 14.8 Å². The minimum Gasteiger partial charge on any atom is -0.484 e. The van der Waals surface area contributed by atoms with E-state index in [2.05, 4.69) is 13.8 Å². The molecule has 2 unspecified atom stereocenters. The van der Waals surface area contributed by atoms with Crippen molar-refractivity contribution in [1.82, 2.24) is 4.31 Å². The Labute approximate surface area is 156 Å². The van der Waals surface area contributed by atoms with Crippen LogP contribution in [-0.4, -0.2) is 43.9 Å². The highest BCUT2D eigenvalue weighted by Gasteiger charge is 2.36. The number of hydrogen-bond acceptors (Lipinski definition) is 4. The minimum atomic E-state index is -3.60. The SMILES string of the molecule is CC(=O)N1CC(C)(C)Oc2ccc(S(=O)(=O)N3CC(C)CC(C)C3)cc21. The van der Waals surface area contributed by atoms with Crippen molar-refractivity contribution in [2.75, 3.05) is 24.5 Å². The van der Waals surface area contributed by atoms with Gasteiger partial charge in [-0.1, -0.05) is 13.8 Å². The molecule has 3 rings (SSSR count). The van der Waals surface area contributed by atoms with Gasteiger partial charge in [-0.15, -0.1) is 0 Å². The summed E-state index contributed by atoms with van der Waals surface area (Å²) in [7, 11) is -3.60. The number of hydrogen-bond donors (Lipinski definition) is 0. The van der Waals surface area contributed by atoms with Crippen LogP contribution in [0.15, 0.2) is 23.1 Å². The van der Waals surface area contributed by atoms with E-state index in [1.165, 1.54) is 6.92 Å². The standard InChI is InChI=1S/C19H28N2O4S/c1-13-8-14(2)11-20(10-13)26(23,24)16-6-7-18-17(9-16)21(15(3)22)12-19(4,5)25-18/h6-7,9,13-14H,8,10-12H2,1-5H3. The maximum Gasteiger partial charge on any atom is 0.243 e. The summed E-state index contributed by atoms with van der Waals surface area (Å²) in [6.45, 7) is 10.9. The van der Waals surface area contributed by atoms with Gasteiger partial charge in [0.15, 0.2) is 0 Å². The highest BCUT2D eigenvalue weighted by molar-refractivity contribution is 7.89. The topological polar surface area (TPSA) is 66.9 Å². The molecule has 144 valence electrons. The van der Waals surface area contributed by atoms with E-state index in [0.717, 1.165) is 6.42 Å². The zero-order valence-corrected chi connectivity index (χ0v) is 17.0. The minimum absolute atomic E-state index is 0.127. The van der Waals surface area contributed by atoms with Crippen molar-refractivity contribution in [2.24, 2.45) is 11.8 Å². The van der Waals surface area contributed by atoms with Gasteiger partial charge in [-0.25, -0.2) is 8.42 Å². The lowest BCUT2D eigenvalue weighted by atomic mass is 9.94. The number of sulfonamides is 1. The number of piperidine rings is 1. The molecule has 2 heterocycles. The summed E-state index contributed by atoms with van der Waals surface area (Å²) >= 11 is 0. The molecule has 7 heteroatoms. The Kier molecular flexibility index (Phi) is 4.82. The van der Waals surface area contributed by atoms with Gasteiger partial charge < -0.3 is 9.64 Å². The molecule has 0 bridgehead atoms. The zero-order chi connectivity index (χ0) is 19.3. The molecule has 1 aromatic rings. The number of ether oxygens (including phenoxy) is 1. The Morgan fingerprint density at radius 3 is 2.38 bits per heavy atom. The normalized spacial score (nSPS) is 26.1. The fourth-order valence-corrected chi connectivity index (χ4v) is 5.68. The van der Waals surface area contributed by atoms with Crippen LogP contribution in [0.4, 0.5) is 5.69 Å². The molecule has 6 nitrogen and oxygen atoms in total. The predicted molar refractivity (Wildman–Crippen MR) is 101 cm³/mol. The molecule has 2 aliphatic rings. The molecule has 2 aliphatic heterocycles. The highest BCUT2D eigenvalue weighted by Crippen LogP contribution is 2.39. The maximum atomic E-state index is 13.1. The van der Waals surface area contributed by atoms with Gasteiger partial charge in [0.2, 0.25) is 15.9 Å². The number of carbonyl (C=O) groups excluding carboxylic acids is 1. The van der Waals surface area contributed by atoms with Gasteiger partial charge in [0.05, 0.1) is 17.1 Å². The Hall–Kier alpha value is -1.60. The molecule has 1 fully saturated rings. The van der Waals surface area contributed by atoms with Crippen LogP contribution in [0.3, 0.4) is 0 Å².